The van der Waals surface area contributed by atoms with Crippen LogP contribution in [0, 0.1) is 17.8 Å². The van der Waals surface area contributed by atoms with Crippen molar-refractivity contribution < 1.29 is 14.3 Å². The maximum Gasteiger partial charge on any atom is 0.228 e. The Labute approximate surface area is 118 Å². The molecule has 4 rings (SSSR count). The van der Waals surface area contributed by atoms with Gasteiger partial charge >= 0.3 is 0 Å². The van der Waals surface area contributed by atoms with Crippen LogP contribution in [0.3, 0.4) is 0 Å². The Balaban J connectivity index is 1.58. The van der Waals surface area contributed by atoms with Crippen molar-refractivity contribution in [2.24, 2.45) is 17.8 Å². The molecular formula is C16H19NO3. The summed E-state index contributed by atoms with van der Waals surface area (Å²) in [4.78, 5) is 14.5. The molecule has 3 fully saturated rings. The summed E-state index contributed by atoms with van der Waals surface area (Å²) in [5.74, 6) is 2.53. The maximum atomic E-state index is 12.5. The molecule has 4 nitrogen and oxygen atoms in total. The lowest BCUT2D eigenvalue weighted by molar-refractivity contribution is -0.137. The highest BCUT2D eigenvalue weighted by Crippen LogP contribution is 2.61. The van der Waals surface area contributed by atoms with Gasteiger partial charge in [0, 0.05) is 11.5 Å². The fourth-order valence-electron chi connectivity index (χ4n) is 4.10. The largest absolute Gasteiger partial charge is 0.497 e. The minimum atomic E-state index is -0.205. The first-order chi connectivity index (χ1) is 9.76. The SMILES string of the molecule is CCC1C2C(=O)N3C(c4ccc(OC)cc4)OCC3C12. The van der Waals surface area contributed by atoms with Crippen molar-refractivity contribution >= 4 is 5.91 Å². The Hall–Kier alpha value is -1.55. The first kappa shape index (κ1) is 12.2. The van der Waals surface area contributed by atoms with Crippen LogP contribution in [0.4, 0.5) is 0 Å². The van der Waals surface area contributed by atoms with E-state index in [1.54, 1.807) is 7.11 Å². The fraction of sp³-hybridized carbons (Fsp3) is 0.562. The van der Waals surface area contributed by atoms with E-state index >= 15 is 0 Å². The van der Waals surface area contributed by atoms with Crippen LogP contribution in [0.1, 0.15) is 25.1 Å². The van der Waals surface area contributed by atoms with Crippen LogP contribution in [-0.4, -0.2) is 30.6 Å². The lowest BCUT2D eigenvalue weighted by Gasteiger charge is -2.26. The van der Waals surface area contributed by atoms with Gasteiger partial charge in [0.25, 0.3) is 0 Å². The van der Waals surface area contributed by atoms with Crippen LogP contribution < -0.4 is 4.74 Å². The summed E-state index contributed by atoms with van der Waals surface area (Å²) < 4.78 is 11.1. The van der Waals surface area contributed by atoms with E-state index in [0.29, 0.717) is 30.4 Å². The number of amides is 1. The number of hydrogen-bond donors (Lipinski definition) is 0. The van der Waals surface area contributed by atoms with E-state index in [9.17, 15) is 4.79 Å². The Morgan fingerprint density at radius 2 is 2.10 bits per heavy atom. The van der Waals surface area contributed by atoms with Gasteiger partial charge in [0.05, 0.1) is 19.8 Å². The molecule has 0 bridgehead atoms. The number of piperidine rings is 1. The molecule has 2 aliphatic heterocycles. The van der Waals surface area contributed by atoms with E-state index in [1.807, 2.05) is 29.2 Å². The monoisotopic (exact) mass is 273 g/mol. The summed E-state index contributed by atoms with van der Waals surface area (Å²) >= 11 is 0. The van der Waals surface area contributed by atoms with Gasteiger partial charge in [0.2, 0.25) is 5.91 Å². The molecule has 1 aromatic rings. The van der Waals surface area contributed by atoms with Gasteiger partial charge in [-0.2, -0.15) is 0 Å². The van der Waals surface area contributed by atoms with Gasteiger partial charge in [-0.3, -0.25) is 4.79 Å². The molecule has 106 valence electrons. The maximum absolute atomic E-state index is 12.5. The second-order valence-corrected chi connectivity index (χ2v) is 5.95. The molecule has 3 aliphatic rings. The zero-order chi connectivity index (χ0) is 13.9. The molecule has 2 saturated heterocycles. The fourth-order valence-corrected chi connectivity index (χ4v) is 4.10. The number of carbonyl (C=O) groups excluding carboxylic acids is 1. The number of hydrogen-bond acceptors (Lipinski definition) is 3. The molecular weight excluding hydrogens is 254 g/mol. The van der Waals surface area contributed by atoms with Crippen LogP contribution in [0.5, 0.6) is 5.75 Å². The van der Waals surface area contributed by atoms with E-state index in [-0.39, 0.29) is 12.1 Å². The average molecular weight is 273 g/mol. The summed E-state index contributed by atoms with van der Waals surface area (Å²) in [6.07, 6.45) is 0.905. The second kappa shape index (κ2) is 4.22. The van der Waals surface area contributed by atoms with Crippen LogP contribution in [0.15, 0.2) is 24.3 Å². The molecule has 20 heavy (non-hydrogen) atoms. The standard InChI is InChI=1S/C16H19NO3/c1-3-11-13-12-8-20-16(17(12)15(18)14(11)13)9-4-6-10(19-2)7-5-9/h4-7,11-14,16H,3,8H2,1-2H3. The third-order valence-corrected chi connectivity index (χ3v) is 5.12. The highest BCUT2D eigenvalue weighted by molar-refractivity contribution is 5.86. The molecule has 5 unspecified atom stereocenters. The topological polar surface area (TPSA) is 38.8 Å². The number of ether oxygens (including phenoxy) is 2. The van der Waals surface area contributed by atoms with Crippen molar-refractivity contribution in [1.82, 2.24) is 4.90 Å². The molecule has 1 aromatic carbocycles. The van der Waals surface area contributed by atoms with Crippen LogP contribution >= 0.6 is 0 Å². The lowest BCUT2D eigenvalue weighted by Crippen LogP contribution is -2.36. The van der Waals surface area contributed by atoms with Gasteiger partial charge in [0.15, 0.2) is 6.23 Å². The number of rotatable bonds is 3. The zero-order valence-corrected chi connectivity index (χ0v) is 11.8. The molecule has 5 atom stereocenters. The van der Waals surface area contributed by atoms with Crippen LogP contribution in [0.2, 0.25) is 0 Å². The average Bonchev–Trinajstić information content (AvgIpc) is 2.93. The van der Waals surface area contributed by atoms with Crippen molar-refractivity contribution in [3.63, 3.8) is 0 Å². The molecule has 0 N–H and O–H groups in total. The molecule has 0 spiro atoms. The molecule has 1 amide bonds. The Morgan fingerprint density at radius 1 is 1.35 bits per heavy atom. The van der Waals surface area contributed by atoms with Gasteiger partial charge in [-0.05, 0) is 24.0 Å². The molecule has 2 heterocycles. The van der Waals surface area contributed by atoms with Crippen LogP contribution in [-0.2, 0) is 9.53 Å². The number of benzene rings is 1. The first-order valence-electron chi connectivity index (χ1n) is 7.34. The predicted molar refractivity (Wildman–Crippen MR) is 73.1 cm³/mol. The minimum absolute atomic E-state index is 0.205. The van der Waals surface area contributed by atoms with E-state index in [0.717, 1.165) is 17.7 Å². The first-order valence-corrected chi connectivity index (χ1v) is 7.34. The van der Waals surface area contributed by atoms with E-state index in [4.69, 9.17) is 9.47 Å². The van der Waals surface area contributed by atoms with Crippen molar-refractivity contribution in [2.45, 2.75) is 25.6 Å². The summed E-state index contributed by atoms with van der Waals surface area (Å²) in [6, 6.07) is 8.11. The third-order valence-electron chi connectivity index (χ3n) is 5.12. The van der Waals surface area contributed by atoms with Gasteiger partial charge in [0.1, 0.15) is 5.75 Å². The van der Waals surface area contributed by atoms with Gasteiger partial charge in [-0.25, -0.2) is 0 Å². The van der Waals surface area contributed by atoms with Gasteiger partial charge in [-0.1, -0.05) is 25.5 Å². The molecule has 1 aliphatic carbocycles. The second-order valence-electron chi connectivity index (χ2n) is 5.95. The van der Waals surface area contributed by atoms with Crippen molar-refractivity contribution in [3.8, 4) is 5.75 Å². The Bertz CT molecular complexity index is 541. The van der Waals surface area contributed by atoms with E-state index in [1.165, 1.54) is 0 Å². The highest BCUT2D eigenvalue weighted by Gasteiger charge is 2.68. The van der Waals surface area contributed by atoms with Crippen molar-refractivity contribution in [3.05, 3.63) is 29.8 Å². The normalized spacial score (nSPS) is 37.8. The molecule has 0 aromatic heterocycles. The van der Waals surface area contributed by atoms with Crippen LogP contribution in [0.25, 0.3) is 0 Å². The van der Waals surface area contributed by atoms with Gasteiger partial charge < -0.3 is 14.4 Å². The predicted octanol–water partition coefficient (Wildman–Crippen LogP) is 2.21. The van der Waals surface area contributed by atoms with E-state index < -0.39 is 0 Å². The number of nitrogens with zero attached hydrogens (tertiary/aromatic N) is 1. The Morgan fingerprint density at radius 3 is 2.75 bits per heavy atom. The van der Waals surface area contributed by atoms with Crippen molar-refractivity contribution in [2.75, 3.05) is 13.7 Å². The Kier molecular flexibility index (Phi) is 2.58. The summed E-state index contributed by atoms with van der Waals surface area (Å²) in [5, 5.41) is 0. The quantitative estimate of drug-likeness (QED) is 0.847. The smallest absolute Gasteiger partial charge is 0.228 e. The summed E-state index contributed by atoms with van der Waals surface area (Å²) in [6.45, 7) is 2.86. The highest BCUT2D eigenvalue weighted by atomic mass is 16.5. The summed E-state index contributed by atoms with van der Waals surface area (Å²) in [7, 11) is 1.65. The van der Waals surface area contributed by atoms with Gasteiger partial charge in [-0.15, -0.1) is 0 Å². The number of fused-ring (bicyclic) bond motifs is 3. The lowest BCUT2D eigenvalue weighted by atomic mass is 10.1. The molecule has 1 saturated carbocycles. The zero-order valence-electron chi connectivity index (χ0n) is 11.8. The number of carbonyl (C=O) groups is 1. The van der Waals surface area contributed by atoms with E-state index in [2.05, 4.69) is 6.92 Å². The summed E-state index contributed by atoms with van der Waals surface area (Å²) in [5.41, 5.74) is 1.04. The molecule has 0 radical (unpaired) electrons. The number of methoxy groups -OCH3 is 1. The third kappa shape index (κ3) is 1.48. The van der Waals surface area contributed by atoms with Crippen molar-refractivity contribution in [1.29, 1.82) is 0 Å². The molecule has 4 heteroatoms. The minimum Gasteiger partial charge on any atom is -0.497 e.